The quantitative estimate of drug-likeness (QED) is 0.145. The Kier molecular flexibility index (Phi) is 9.71. The van der Waals surface area contributed by atoms with Crippen molar-refractivity contribution in [1.82, 2.24) is 19.9 Å². The molecular weight excluding hydrogens is 735 g/mol. The van der Waals surface area contributed by atoms with Gasteiger partial charge in [-0.05, 0) is 34.4 Å². The maximum atomic E-state index is 15.3. The fraction of sp³-hybridized carbons (Fsp3) is 0.0638. The molecule has 6 aromatic carbocycles. The standard InChI is InChI=1S/C47H30F6N4/c48-46(49,50)45(47(51,52)53,38-25-21-31(22-26-38)37-29-40(32-13-5-1-6-14-32)54-41(30-37)33-15-7-2-8-16-33)39-27-23-36(24-28-39)44-56-42(34-17-9-3-10-18-34)55-43(57-44)35-19-11-4-12-20-35/h1-30H. The van der Waals surface area contributed by atoms with E-state index < -0.39 is 28.9 Å². The molecule has 0 fully saturated rings. The van der Waals surface area contributed by atoms with E-state index in [0.717, 1.165) is 35.4 Å². The Labute approximate surface area is 324 Å². The van der Waals surface area contributed by atoms with Crippen molar-refractivity contribution in [3.8, 4) is 67.8 Å². The number of halogens is 6. The Morgan fingerprint density at radius 2 is 0.579 bits per heavy atom. The summed E-state index contributed by atoms with van der Waals surface area (Å²) in [7, 11) is 0. The molecule has 0 aliphatic rings. The lowest BCUT2D eigenvalue weighted by Crippen LogP contribution is -2.54. The lowest BCUT2D eigenvalue weighted by molar-refractivity contribution is -0.288. The summed E-state index contributed by atoms with van der Waals surface area (Å²) < 4.78 is 91.7. The van der Waals surface area contributed by atoms with Gasteiger partial charge in [-0.1, -0.05) is 170 Å². The van der Waals surface area contributed by atoms with E-state index in [4.69, 9.17) is 4.98 Å². The SMILES string of the molecule is FC(F)(F)C(c1ccc(-c2cc(-c3ccccc3)nc(-c3ccccc3)c2)cc1)(c1ccc(-c2nc(-c3ccccc3)nc(-c3ccccc3)n2)cc1)C(F)(F)F. The predicted molar refractivity (Wildman–Crippen MR) is 210 cm³/mol. The van der Waals surface area contributed by atoms with E-state index in [1.807, 2.05) is 72.8 Å². The molecule has 0 spiro atoms. The molecule has 0 saturated carbocycles. The Morgan fingerprint density at radius 3 is 0.912 bits per heavy atom. The highest BCUT2D eigenvalue weighted by Crippen LogP contribution is 2.56. The van der Waals surface area contributed by atoms with Gasteiger partial charge in [0.2, 0.25) is 5.41 Å². The third-order valence-corrected chi connectivity index (χ3v) is 9.74. The van der Waals surface area contributed by atoms with E-state index in [1.165, 1.54) is 24.3 Å². The Bertz CT molecular complexity index is 2310. The van der Waals surface area contributed by atoms with Crippen molar-refractivity contribution >= 4 is 0 Å². The van der Waals surface area contributed by atoms with Gasteiger partial charge < -0.3 is 0 Å². The van der Waals surface area contributed by atoms with Crippen LogP contribution in [-0.2, 0) is 5.41 Å². The summed E-state index contributed by atoms with van der Waals surface area (Å²) in [5.41, 5.74) is -1.01. The van der Waals surface area contributed by atoms with Crippen LogP contribution in [0.3, 0.4) is 0 Å². The lowest BCUT2D eigenvalue weighted by Gasteiger charge is -2.38. The lowest BCUT2D eigenvalue weighted by atomic mass is 9.72. The van der Waals surface area contributed by atoms with Gasteiger partial charge in [0, 0.05) is 27.8 Å². The smallest absolute Gasteiger partial charge is 0.248 e. The Hall–Kier alpha value is -6.94. The van der Waals surface area contributed by atoms with Crippen LogP contribution in [0.4, 0.5) is 26.3 Å². The van der Waals surface area contributed by atoms with Crippen molar-refractivity contribution in [1.29, 1.82) is 0 Å². The summed E-state index contributed by atoms with van der Waals surface area (Å²) in [5, 5.41) is 0. The van der Waals surface area contributed by atoms with Gasteiger partial charge in [-0.2, -0.15) is 26.3 Å². The van der Waals surface area contributed by atoms with E-state index >= 15 is 26.3 Å². The highest BCUT2D eigenvalue weighted by molar-refractivity contribution is 5.77. The molecule has 0 bridgehead atoms. The van der Waals surface area contributed by atoms with Crippen LogP contribution in [0.15, 0.2) is 182 Å². The van der Waals surface area contributed by atoms with Crippen LogP contribution in [-0.4, -0.2) is 32.3 Å². The molecule has 4 nitrogen and oxygen atoms in total. The van der Waals surface area contributed by atoms with Gasteiger partial charge in [-0.3, -0.25) is 0 Å². The summed E-state index contributed by atoms with van der Waals surface area (Å²) in [6.45, 7) is 0. The minimum atomic E-state index is -5.78. The number of hydrogen-bond donors (Lipinski definition) is 0. The Morgan fingerprint density at radius 1 is 0.281 bits per heavy atom. The average Bonchev–Trinajstić information content (AvgIpc) is 3.24. The molecule has 0 aliphatic heterocycles. The topological polar surface area (TPSA) is 51.6 Å². The molecule has 2 heterocycles. The average molecular weight is 765 g/mol. The molecule has 57 heavy (non-hydrogen) atoms. The summed E-state index contributed by atoms with van der Waals surface area (Å²) in [6, 6.07) is 48.7. The molecule has 2 aromatic heterocycles. The monoisotopic (exact) mass is 764 g/mol. The van der Waals surface area contributed by atoms with Gasteiger partial charge >= 0.3 is 12.4 Å². The number of alkyl halides is 6. The molecule has 0 unspecified atom stereocenters. The molecule has 0 radical (unpaired) electrons. The number of benzene rings is 6. The van der Waals surface area contributed by atoms with Crippen molar-refractivity contribution in [3.63, 3.8) is 0 Å². The van der Waals surface area contributed by atoms with Crippen LogP contribution < -0.4 is 0 Å². The fourth-order valence-electron chi connectivity index (χ4n) is 6.91. The van der Waals surface area contributed by atoms with Crippen molar-refractivity contribution in [2.45, 2.75) is 17.8 Å². The number of aromatic nitrogens is 4. The predicted octanol–water partition coefficient (Wildman–Crippen LogP) is 12.7. The number of rotatable bonds is 8. The van der Waals surface area contributed by atoms with Crippen molar-refractivity contribution < 1.29 is 26.3 Å². The van der Waals surface area contributed by atoms with Crippen molar-refractivity contribution in [2.24, 2.45) is 0 Å². The molecule has 280 valence electrons. The third-order valence-electron chi connectivity index (χ3n) is 9.74. The summed E-state index contributed by atoms with van der Waals surface area (Å²) >= 11 is 0. The maximum Gasteiger partial charge on any atom is 0.411 e. The van der Waals surface area contributed by atoms with Crippen LogP contribution in [0, 0.1) is 0 Å². The second kappa shape index (κ2) is 15.0. The number of pyridine rings is 1. The minimum absolute atomic E-state index is 0.0883. The first kappa shape index (κ1) is 37.0. The highest BCUT2D eigenvalue weighted by atomic mass is 19.4. The number of nitrogens with zero attached hydrogens (tertiary/aromatic N) is 4. The van der Waals surface area contributed by atoms with Crippen LogP contribution >= 0.6 is 0 Å². The summed E-state index contributed by atoms with van der Waals surface area (Å²) in [5.74, 6) is 0.680. The molecule has 0 atom stereocenters. The molecule has 0 amide bonds. The second-order valence-corrected chi connectivity index (χ2v) is 13.3. The van der Waals surface area contributed by atoms with Gasteiger partial charge in [0.25, 0.3) is 0 Å². The maximum absolute atomic E-state index is 15.3. The zero-order chi connectivity index (χ0) is 39.6. The highest BCUT2D eigenvalue weighted by Gasteiger charge is 2.72. The summed E-state index contributed by atoms with van der Waals surface area (Å²) in [4.78, 5) is 18.6. The molecule has 8 aromatic rings. The van der Waals surface area contributed by atoms with E-state index in [2.05, 4.69) is 15.0 Å². The van der Waals surface area contributed by atoms with Crippen LogP contribution in [0.5, 0.6) is 0 Å². The molecule has 8 rings (SSSR count). The van der Waals surface area contributed by atoms with E-state index in [-0.39, 0.29) is 11.4 Å². The van der Waals surface area contributed by atoms with Gasteiger partial charge in [0.1, 0.15) is 0 Å². The molecule has 0 saturated heterocycles. The molecule has 0 N–H and O–H groups in total. The van der Waals surface area contributed by atoms with E-state index in [0.29, 0.717) is 45.3 Å². The fourth-order valence-corrected chi connectivity index (χ4v) is 6.91. The summed E-state index contributed by atoms with van der Waals surface area (Å²) in [6.07, 6.45) is -11.6. The third kappa shape index (κ3) is 7.17. The van der Waals surface area contributed by atoms with Gasteiger partial charge in [0.15, 0.2) is 17.5 Å². The minimum Gasteiger partial charge on any atom is -0.248 e. The zero-order valence-corrected chi connectivity index (χ0v) is 29.9. The Balaban J connectivity index is 1.22. The molecule has 10 heteroatoms. The molecule has 0 aliphatic carbocycles. The van der Waals surface area contributed by atoms with E-state index in [1.54, 1.807) is 60.7 Å². The van der Waals surface area contributed by atoms with Crippen molar-refractivity contribution in [3.05, 3.63) is 193 Å². The van der Waals surface area contributed by atoms with Gasteiger partial charge in [-0.25, -0.2) is 19.9 Å². The largest absolute Gasteiger partial charge is 0.411 e. The first-order valence-corrected chi connectivity index (χ1v) is 17.9. The van der Waals surface area contributed by atoms with Crippen LogP contribution in [0.1, 0.15) is 11.1 Å². The normalized spacial score (nSPS) is 12.0. The van der Waals surface area contributed by atoms with Crippen LogP contribution in [0.25, 0.3) is 67.8 Å². The molecular formula is C47H30F6N4. The van der Waals surface area contributed by atoms with Gasteiger partial charge in [0.05, 0.1) is 11.4 Å². The van der Waals surface area contributed by atoms with E-state index in [9.17, 15) is 0 Å². The van der Waals surface area contributed by atoms with Crippen LogP contribution in [0.2, 0.25) is 0 Å². The van der Waals surface area contributed by atoms with Gasteiger partial charge in [-0.15, -0.1) is 0 Å². The first-order chi connectivity index (χ1) is 27.5. The van der Waals surface area contributed by atoms with Crippen molar-refractivity contribution in [2.75, 3.05) is 0 Å². The zero-order valence-electron chi connectivity index (χ0n) is 29.9. The first-order valence-electron chi connectivity index (χ1n) is 17.9. The second-order valence-electron chi connectivity index (χ2n) is 13.3. The number of hydrogen-bond acceptors (Lipinski definition) is 4.